The summed E-state index contributed by atoms with van der Waals surface area (Å²) in [6, 6.07) is 9.32. The third-order valence-electron chi connectivity index (χ3n) is 1.63. The van der Waals surface area contributed by atoms with Gasteiger partial charge in [0.2, 0.25) is 0 Å². The quantitative estimate of drug-likeness (QED) is 0.727. The number of hydrogen-bond acceptors (Lipinski definition) is 4. The maximum atomic E-state index is 8.30. The van der Waals surface area contributed by atoms with Crippen LogP contribution in [0.1, 0.15) is 0 Å². The van der Waals surface area contributed by atoms with Gasteiger partial charge in [0.1, 0.15) is 11.8 Å². The summed E-state index contributed by atoms with van der Waals surface area (Å²) in [4.78, 5) is 0. The monoisotopic (exact) mass is 191 g/mol. The number of rotatable bonds is 5. The van der Waals surface area contributed by atoms with Crippen molar-refractivity contribution in [2.45, 2.75) is 0 Å². The largest absolute Gasteiger partial charge is 0.479 e. The maximum absolute atomic E-state index is 8.30. The van der Waals surface area contributed by atoms with Gasteiger partial charge in [0.05, 0.1) is 0 Å². The van der Waals surface area contributed by atoms with Crippen molar-refractivity contribution in [1.82, 2.24) is 0 Å². The molecule has 4 nitrogen and oxygen atoms in total. The number of hydrogen-bond donors (Lipinski definition) is 2. The van der Waals surface area contributed by atoms with Crippen LogP contribution in [0.3, 0.4) is 0 Å². The van der Waals surface area contributed by atoms with Gasteiger partial charge < -0.3 is 15.8 Å². The van der Waals surface area contributed by atoms with E-state index in [4.69, 9.17) is 15.7 Å². The summed E-state index contributed by atoms with van der Waals surface area (Å²) >= 11 is 0. The van der Waals surface area contributed by atoms with E-state index in [0.717, 1.165) is 12.2 Å². The molecule has 0 unspecified atom stereocenters. The van der Waals surface area contributed by atoms with Crippen molar-refractivity contribution in [3.63, 3.8) is 0 Å². The van der Waals surface area contributed by atoms with Gasteiger partial charge in [0, 0.05) is 18.8 Å². The highest BCUT2D eigenvalue weighted by Crippen LogP contribution is 2.14. The minimum absolute atomic E-state index is 0.0789. The minimum Gasteiger partial charge on any atom is -0.479 e. The number of nitrogens with one attached hydrogen (secondary N) is 1. The zero-order valence-electron chi connectivity index (χ0n) is 7.86. The summed E-state index contributed by atoms with van der Waals surface area (Å²) < 4.78 is 5.10. The van der Waals surface area contributed by atoms with E-state index in [2.05, 4.69) is 5.32 Å². The van der Waals surface area contributed by atoms with Gasteiger partial charge in [-0.1, -0.05) is 0 Å². The number of nitrogens with two attached hydrogens (primary N) is 1. The van der Waals surface area contributed by atoms with Crippen LogP contribution >= 0.6 is 0 Å². The van der Waals surface area contributed by atoms with E-state index in [-0.39, 0.29) is 6.61 Å². The molecule has 0 aliphatic carbocycles. The first kappa shape index (κ1) is 10.4. The first-order chi connectivity index (χ1) is 6.86. The van der Waals surface area contributed by atoms with Crippen LogP contribution in [0.4, 0.5) is 5.69 Å². The van der Waals surface area contributed by atoms with Crippen molar-refractivity contribution in [2.75, 3.05) is 25.0 Å². The third-order valence-corrected chi connectivity index (χ3v) is 1.63. The SMILES string of the molecule is N#CCOc1ccc(NCCN)cc1. The summed E-state index contributed by atoms with van der Waals surface area (Å²) in [6.07, 6.45) is 0. The number of nitriles is 1. The Hall–Kier alpha value is -1.73. The molecule has 0 aromatic heterocycles. The molecule has 0 atom stereocenters. The predicted molar refractivity (Wildman–Crippen MR) is 55.1 cm³/mol. The Bertz CT molecular complexity index is 302. The smallest absolute Gasteiger partial charge is 0.174 e. The van der Waals surface area contributed by atoms with Gasteiger partial charge in [-0.3, -0.25) is 0 Å². The van der Waals surface area contributed by atoms with Crippen molar-refractivity contribution >= 4 is 5.69 Å². The summed E-state index contributed by atoms with van der Waals surface area (Å²) in [5.41, 5.74) is 6.35. The molecule has 1 rings (SSSR count). The average Bonchev–Trinajstić information content (AvgIpc) is 2.25. The highest BCUT2D eigenvalue weighted by Gasteiger charge is 1.93. The van der Waals surface area contributed by atoms with Gasteiger partial charge in [0.25, 0.3) is 0 Å². The Kier molecular flexibility index (Phi) is 4.32. The van der Waals surface area contributed by atoms with E-state index in [0.29, 0.717) is 12.3 Å². The molecule has 0 aliphatic rings. The van der Waals surface area contributed by atoms with E-state index in [1.54, 1.807) is 0 Å². The number of anilines is 1. The Morgan fingerprint density at radius 1 is 1.36 bits per heavy atom. The lowest BCUT2D eigenvalue weighted by atomic mass is 10.3. The van der Waals surface area contributed by atoms with Gasteiger partial charge in [-0.2, -0.15) is 5.26 Å². The molecule has 74 valence electrons. The van der Waals surface area contributed by atoms with E-state index in [1.807, 2.05) is 30.3 Å². The molecule has 0 heterocycles. The Balaban J connectivity index is 2.47. The first-order valence-electron chi connectivity index (χ1n) is 4.40. The summed E-state index contributed by atoms with van der Waals surface area (Å²) in [7, 11) is 0. The molecule has 0 saturated heterocycles. The molecule has 0 bridgehead atoms. The fourth-order valence-electron chi connectivity index (χ4n) is 1.00. The van der Waals surface area contributed by atoms with Crippen LogP contribution in [-0.2, 0) is 0 Å². The van der Waals surface area contributed by atoms with Crippen LogP contribution in [0, 0.1) is 11.3 Å². The second kappa shape index (κ2) is 5.84. The molecule has 0 saturated carbocycles. The zero-order valence-corrected chi connectivity index (χ0v) is 7.86. The van der Waals surface area contributed by atoms with Crippen molar-refractivity contribution in [3.05, 3.63) is 24.3 Å². The lowest BCUT2D eigenvalue weighted by Crippen LogP contribution is -2.12. The lowest BCUT2D eigenvalue weighted by molar-refractivity contribution is 0.368. The molecule has 0 aliphatic heterocycles. The number of ether oxygens (including phenoxy) is 1. The molecule has 1 aromatic carbocycles. The molecule has 0 spiro atoms. The maximum Gasteiger partial charge on any atom is 0.174 e. The van der Waals surface area contributed by atoms with Crippen molar-refractivity contribution in [1.29, 1.82) is 5.26 Å². The first-order valence-corrected chi connectivity index (χ1v) is 4.40. The van der Waals surface area contributed by atoms with Crippen LogP contribution in [0.5, 0.6) is 5.75 Å². The fourth-order valence-corrected chi connectivity index (χ4v) is 1.00. The van der Waals surface area contributed by atoms with Gasteiger partial charge in [-0.15, -0.1) is 0 Å². The normalized spacial score (nSPS) is 9.14. The highest BCUT2D eigenvalue weighted by molar-refractivity contribution is 5.46. The summed E-state index contributed by atoms with van der Waals surface area (Å²) in [6.45, 7) is 1.43. The Morgan fingerprint density at radius 3 is 2.64 bits per heavy atom. The summed E-state index contributed by atoms with van der Waals surface area (Å²) in [5.74, 6) is 0.699. The van der Waals surface area contributed by atoms with Crippen LogP contribution < -0.4 is 15.8 Å². The molecule has 1 aromatic rings. The van der Waals surface area contributed by atoms with Gasteiger partial charge in [0.15, 0.2) is 6.61 Å². The molecule has 14 heavy (non-hydrogen) atoms. The van der Waals surface area contributed by atoms with E-state index in [1.165, 1.54) is 0 Å². The van der Waals surface area contributed by atoms with Gasteiger partial charge in [-0.25, -0.2) is 0 Å². The van der Waals surface area contributed by atoms with Crippen molar-refractivity contribution < 1.29 is 4.74 Å². The molecule has 0 radical (unpaired) electrons. The second-order valence-electron chi connectivity index (χ2n) is 2.69. The third kappa shape index (κ3) is 3.33. The second-order valence-corrected chi connectivity index (χ2v) is 2.69. The zero-order chi connectivity index (χ0) is 10.2. The van der Waals surface area contributed by atoms with Crippen molar-refractivity contribution in [2.24, 2.45) is 5.73 Å². The Morgan fingerprint density at radius 2 is 2.07 bits per heavy atom. The van der Waals surface area contributed by atoms with E-state index < -0.39 is 0 Å². The van der Waals surface area contributed by atoms with Crippen LogP contribution in [0.2, 0.25) is 0 Å². The molecular weight excluding hydrogens is 178 g/mol. The van der Waals surface area contributed by atoms with Crippen LogP contribution in [0.15, 0.2) is 24.3 Å². The topological polar surface area (TPSA) is 71.1 Å². The van der Waals surface area contributed by atoms with Crippen LogP contribution in [-0.4, -0.2) is 19.7 Å². The molecule has 3 N–H and O–H groups in total. The number of nitrogens with zero attached hydrogens (tertiary/aromatic N) is 1. The number of benzene rings is 1. The lowest BCUT2D eigenvalue weighted by Gasteiger charge is -2.05. The standard InChI is InChI=1S/C10H13N3O/c11-5-7-13-9-1-3-10(4-2-9)14-8-6-12/h1-4,13H,5,7-8,11H2. The highest BCUT2D eigenvalue weighted by atomic mass is 16.5. The van der Waals surface area contributed by atoms with E-state index >= 15 is 0 Å². The molecule has 4 heteroatoms. The minimum atomic E-state index is 0.0789. The Labute approximate surface area is 83.3 Å². The van der Waals surface area contributed by atoms with Crippen LogP contribution in [0.25, 0.3) is 0 Å². The van der Waals surface area contributed by atoms with Gasteiger partial charge in [-0.05, 0) is 24.3 Å². The molecular formula is C10H13N3O. The average molecular weight is 191 g/mol. The van der Waals surface area contributed by atoms with E-state index in [9.17, 15) is 0 Å². The predicted octanol–water partition coefficient (Wildman–Crippen LogP) is 0.960. The fraction of sp³-hybridized carbons (Fsp3) is 0.300. The molecule has 0 amide bonds. The van der Waals surface area contributed by atoms with Crippen molar-refractivity contribution in [3.8, 4) is 11.8 Å². The molecule has 0 fully saturated rings. The van der Waals surface area contributed by atoms with Gasteiger partial charge >= 0.3 is 0 Å². The summed E-state index contributed by atoms with van der Waals surface area (Å²) in [5, 5.41) is 11.4.